The maximum absolute atomic E-state index is 12.0. The molecule has 0 aromatic heterocycles. The van der Waals surface area contributed by atoms with Crippen LogP contribution in [0.2, 0.25) is 0 Å². The number of rotatable bonds is 2. The minimum absolute atomic E-state index is 0. The van der Waals surface area contributed by atoms with Gasteiger partial charge >= 0.3 is 0 Å². The van der Waals surface area contributed by atoms with Crippen LogP contribution in [0.25, 0.3) is 0 Å². The molecule has 1 rings (SSSR count). The summed E-state index contributed by atoms with van der Waals surface area (Å²) in [5.74, 6) is 2.22. The van der Waals surface area contributed by atoms with Gasteiger partial charge in [0.25, 0.3) is 0 Å². The van der Waals surface area contributed by atoms with Crippen LogP contribution in [0, 0.1) is 5.92 Å². The van der Waals surface area contributed by atoms with Gasteiger partial charge in [-0.25, -0.2) is 14.7 Å². The van der Waals surface area contributed by atoms with Crippen LogP contribution < -0.4 is 5.90 Å². The standard InChI is InChI=1S/C5H9F2NO.ClH/c6-5(7)1-4(2-5)3-9-8;/h4H,1-3,8H2;1H. The van der Waals surface area contributed by atoms with Crippen molar-refractivity contribution < 1.29 is 13.6 Å². The van der Waals surface area contributed by atoms with Crippen molar-refractivity contribution >= 4 is 12.4 Å². The normalized spacial score (nSPS) is 23.1. The molecule has 0 heterocycles. The molecular weight excluding hydrogens is 164 g/mol. The van der Waals surface area contributed by atoms with Gasteiger partial charge in [0.2, 0.25) is 5.92 Å². The maximum atomic E-state index is 12.0. The smallest absolute Gasteiger partial charge is 0.248 e. The van der Waals surface area contributed by atoms with Gasteiger partial charge in [-0.2, -0.15) is 0 Å². The Morgan fingerprint density at radius 1 is 1.50 bits per heavy atom. The highest BCUT2D eigenvalue weighted by Gasteiger charge is 2.45. The summed E-state index contributed by atoms with van der Waals surface area (Å²) >= 11 is 0. The summed E-state index contributed by atoms with van der Waals surface area (Å²) in [4.78, 5) is 4.21. The molecule has 0 saturated heterocycles. The van der Waals surface area contributed by atoms with E-state index in [1.807, 2.05) is 0 Å². The highest BCUT2D eigenvalue weighted by Crippen LogP contribution is 2.42. The molecule has 0 unspecified atom stereocenters. The Kier molecular flexibility index (Phi) is 3.48. The maximum Gasteiger partial charge on any atom is 0.248 e. The summed E-state index contributed by atoms with van der Waals surface area (Å²) in [7, 11) is 0. The van der Waals surface area contributed by atoms with Crippen molar-refractivity contribution in [3.8, 4) is 0 Å². The lowest BCUT2D eigenvalue weighted by molar-refractivity contribution is -0.128. The van der Waals surface area contributed by atoms with Crippen molar-refractivity contribution in [2.75, 3.05) is 6.61 Å². The fourth-order valence-corrected chi connectivity index (χ4v) is 1.04. The molecular formula is C5H10ClF2NO. The summed E-state index contributed by atoms with van der Waals surface area (Å²) in [6.07, 6.45) is -0.131. The molecule has 0 aromatic carbocycles. The van der Waals surface area contributed by atoms with Gasteiger partial charge in [0.05, 0.1) is 6.61 Å². The Balaban J connectivity index is 0.000000810. The number of hydrogen-bond acceptors (Lipinski definition) is 2. The number of hydrogen-bond donors (Lipinski definition) is 1. The summed E-state index contributed by atoms with van der Waals surface area (Å²) in [6, 6.07) is 0. The van der Waals surface area contributed by atoms with Gasteiger partial charge in [0.15, 0.2) is 0 Å². The minimum Gasteiger partial charge on any atom is -0.304 e. The predicted octanol–water partition coefficient (Wildman–Crippen LogP) is 1.34. The van der Waals surface area contributed by atoms with Gasteiger partial charge in [-0.1, -0.05) is 0 Å². The van der Waals surface area contributed by atoms with E-state index < -0.39 is 5.92 Å². The first kappa shape index (κ1) is 10.1. The molecule has 0 spiro atoms. The van der Waals surface area contributed by atoms with Crippen LogP contribution in [0.5, 0.6) is 0 Å². The quantitative estimate of drug-likeness (QED) is 0.640. The molecule has 5 heteroatoms. The predicted molar refractivity (Wildman–Crippen MR) is 35.1 cm³/mol. The Labute approximate surface area is 64.1 Å². The highest BCUT2D eigenvalue weighted by molar-refractivity contribution is 5.85. The van der Waals surface area contributed by atoms with Crippen molar-refractivity contribution in [1.29, 1.82) is 0 Å². The average molecular weight is 174 g/mol. The van der Waals surface area contributed by atoms with Crippen molar-refractivity contribution in [2.45, 2.75) is 18.8 Å². The average Bonchev–Trinajstić information content (AvgIpc) is 1.62. The van der Waals surface area contributed by atoms with Crippen molar-refractivity contribution in [1.82, 2.24) is 0 Å². The van der Waals surface area contributed by atoms with Crippen LogP contribution in [0.3, 0.4) is 0 Å². The van der Waals surface area contributed by atoms with E-state index in [1.165, 1.54) is 0 Å². The second kappa shape index (κ2) is 3.46. The number of alkyl halides is 2. The largest absolute Gasteiger partial charge is 0.304 e. The number of halogens is 3. The third-order valence-electron chi connectivity index (χ3n) is 1.51. The molecule has 1 aliphatic carbocycles. The summed E-state index contributed by atoms with van der Waals surface area (Å²) in [6.45, 7) is 0.260. The molecule has 0 bridgehead atoms. The lowest BCUT2D eigenvalue weighted by Gasteiger charge is -2.33. The molecule has 1 saturated carbocycles. The minimum atomic E-state index is -2.44. The summed E-state index contributed by atoms with van der Waals surface area (Å²) in [5, 5.41) is 0. The lowest BCUT2D eigenvalue weighted by Crippen LogP contribution is -2.38. The van der Waals surface area contributed by atoms with Gasteiger partial charge in [-0.15, -0.1) is 12.4 Å². The monoisotopic (exact) mass is 173 g/mol. The molecule has 1 fully saturated rings. The molecule has 0 aromatic rings. The Bertz CT molecular complexity index is 104. The fourth-order valence-electron chi connectivity index (χ4n) is 1.04. The van der Waals surface area contributed by atoms with Crippen LogP contribution >= 0.6 is 12.4 Å². The molecule has 2 nitrogen and oxygen atoms in total. The van der Waals surface area contributed by atoms with Gasteiger partial charge in [0.1, 0.15) is 0 Å². The third-order valence-corrected chi connectivity index (χ3v) is 1.51. The van der Waals surface area contributed by atoms with E-state index in [0.717, 1.165) is 0 Å². The second-order valence-corrected chi connectivity index (χ2v) is 2.46. The van der Waals surface area contributed by atoms with E-state index in [1.54, 1.807) is 0 Å². The van der Waals surface area contributed by atoms with Crippen molar-refractivity contribution in [2.24, 2.45) is 11.8 Å². The molecule has 62 valence electrons. The summed E-state index contributed by atoms with van der Waals surface area (Å²) < 4.78 is 24.0. The fraction of sp³-hybridized carbons (Fsp3) is 1.00. The molecule has 10 heavy (non-hydrogen) atoms. The van der Waals surface area contributed by atoms with E-state index >= 15 is 0 Å². The van der Waals surface area contributed by atoms with Crippen LogP contribution in [0.1, 0.15) is 12.8 Å². The third kappa shape index (κ3) is 2.36. The first-order chi connectivity index (χ1) is 4.14. The van der Waals surface area contributed by atoms with Gasteiger partial charge < -0.3 is 4.84 Å². The molecule has 0 radical (unpaired) electrons. The molecule has 1 aliphatic rings. The van der Waals surface area contributed by atoms with Crippen molar-refractivity contribution in [3.63, 3.8) is 0 Å². The first-order valence-corrected chi connectivity index (χ1v) is 2.83. The van der Waals surface area contributed by atoms with E-state index in [0.29, 0.717) is 0 Å². The van der Waals surface area contributed by atoms with E-state index in [2.05, 4.69) is 10.7 Å². The Hall–Kier alpha value is 0.0700. The zero-order valence-electron chi connectivity index (χ0n) is 5.35. The zero-order valence-corrected chi connectivity index (χ0v) is 6.16. The zero-order chi connectivity index (χ0) is 6.91. The van der Waals surface area contributed by atoms with E-state index in [4.69, 9.17) is 0 Å². The lowest BCUT2D eigenvalue weighted by atomic mass is 9.82. The Morgan fingerprint density at radius 2 is 2.00 bits per heavy atom. The van der Waals surface area contributed by atoms with Gasteiger partial charge in [-0.05, 0) is 5.92 Å². The number of nitrogens with two attached hydrogens (primary N) is 1. The molecule has 0 aliphatic heterocycles. The van der Waals surface area contributed by atoms with Crippen LogP contribution in [0.4, 0.5) is 8.78 Å². The van der Waals surface area contributed by atoms with Crippen LogP contribution in [-0.4, -0.2) is 12.5 Å². The van der Waals surface area contributed by atoms with Crippen LogP contribution in [-0.2, 0) is 4.84 Å². The first-order valence-electron chi connectivity index (χ1n) is 2.83. The van der Waals surface area contributed by atoms with Gasteiger partial charge in [-0.3, -0.25) is 0 Å². The van der Waals surface area contributed by atoms with Crippen molar-refractivity contribution in [3.05, 3.63) is 0 Å². The van der Waals surface area contributed by atoms with E-state index in [-0.39, 0.29) is 37.8 Å². The molecule has 0 amide bonds. The van der Waals surface area contributed by atoms with Gasteiger partial charge in [0, 0.05) is 12.8 Å². The molecule has 2 N–H and O–H groups in total. The van der Waals surface area contributed by atoms with Crippen LogP contribution in [0.15, 0.2) is 0 Å². The van der Waals surface area contributed by atoms with E-state index in [9.17, 15) is 8.78 Å². The SMILES string of the molecule is Cl.NOCC1CC(F)(F)C1. The topological polar surface area (TPSA) is 35.2 Å². The summed E-state index contributed by atoms with van der Waals surface area (Å²) in [5.41, 5.74) is 0. The Morgan fingerprint density at radius 3 is 2.30 bits per heavy atom. The highest BCUT2D eigenvalue weighted by atomic mass is 35.5. The molecule has 0 atom stereocenters. The second-order valence-electron chi connectivity index (χ2n) is 2.46.